The van der Waals surface area contributed by atoms with Gasteiger partial charge in [0.15, 0.2) is 0 Å². The van der Waals surface area contributed by atoms with E-state index < -0.39 is 10.0 Å². The van der Waals surface area contributed by atoms with Crippen LogP contribution < -0.4 is 10.9 Å². The Morgan fingerprint density at radius 3 is 2.00 bits per heavy atom. The van der Waals surface area contributed by atoms with E-state index in [2.05, 4.69) is 0 Å². The SMILES string of the molecule is [NH]Cc1ccc(CS(N)(=O)=O)cc1. The molecule has 0 fully saturated rings. The molecule has 0 atom stereocenters. The summed E-state index contributed by atoms with van der Waals surface area (Å²) in [6.07, 6.45) is 0. The van der Waals surface area contributed by atoms with Crippen LogP contribution in [0.2, 0.25) is 0 Å². The predicted molar refractivity (Wildman–Crippen MR) is 50.1 cm³/mol. The normalized spacial score (nSPS) is 11.5. The first-order valence-electron chi connectivity index (χ1n) is 3.74. The molecular formula is C8H11N2O2S. The highest BCUT2D eigenvalue weighted by Crippen LogP contribution is 2.06. The molecule has 0 spiro atoms. The van der Waals surface area contributed by atoms with Crippen LogP contribution in [0, 0.1) is 0 Å². The fourth-order valence-corrected chi connectivity index (χ4v) is 1.64. The van der Waals surface area contributed by atoms with Crippen LogP contribution in [0.25, 0.3) is 0 Å². The van der Waals surface area contributed by atoms with Crippen LogP contribution in [0.3, 0.4) is 0 Å². The number of hydrogen-bond acceptors (Lipinski definition) is 2. The fraction of sp³-hybridized carbons (Fsp3) is 0.250. The second-order valence-electron chi connectivity index (χ2n) is 2.80. The lowest BCUT2D eigenvalue weighted by Gasteiger charge is -2.00. The zero-order valence-electron chi connectivity index (χ0n) is 7.03. The van der Waals surface area contributed by atoms with Crippen LogP contribution in [-0.4, -0.2) is 8.42 Å². The Kier molecular flexibility index (Phi) is 3.02. The summed E-state index contributed by atoms with van der Waals surface area (Å²) in [6, 6.07) is 6.81. The van der Waals surface area contributed by atoms with Crippen molar-refractivity contribution in [1.29, 1.82) is 0 Å². The number of sulfonamides is 1. The summed E-state index contributed by atoms with van der Waals surface area (Å²) >= 11 is 0. The number of hydrogen-bond donors (Lipinski definition) is 1. The van der Waals surface area contributed by atoms with Gasteiger partial charge in [-0.25, -0.2) is 13.6 Å². The molecule has 0 bridgehead atoms. The predicted octanol–water partition coefficient (Wildman–Crippen LogP) is 0.258. The van der Waals surface area contributed by atoms with Crippen molar-refractivity contribution in [2.24, 2.45) is 5.14 Å². The molecule has 71 valence electrons. The summed E-state index contributed by atoms with van der Waals surface area (Å²) in [5.74, 6) is -0.148. The molecule has 0 aliphatic rings. The molecule has 0 unspecified atom stereocenters. The molecule has 4 nitrogen and oxygen atoms in total. The molecule has 1 rings (SSSR count). The molecule has 1 radical (unpaired) electrons. The van der Waals surface area contributed by atoms with Crippen molar-refractivity contribution in [3.05, 3.63) is 35.4 Å². The first kappa shape index (κ1) is 10.2. The molecule has 0 heterocycles. The summed E-state index contributed by atoms with van der Waals surface area (Å²) < 4.78 is 21.4. The van der Waals surface area contributed by atoms with Crippen molar-refractivity contribution >= 4 is 10.0 Å². The average molecular weight is 199 g/mol. The lowest BCUT2D eigenvalue weighted by atomic mass is 10.1. The summed E-state index contributed by atoms with van der Waals surface area (Å²) in [6.45, 7) is 0.204. The van der Waals surface area contributed by atoms with Crippen molar-refractivity contribution in [3.63, 3.8) is 0 Å². The molecule has 1 aromatic rings. The Morgan fingerprint density at radius 2 is 1.62 bits per heavy atom. The third-order valence-corrected chi connectivity index (χ3v) is 2.33. The Bertz CT molecular complexity index is 370. The van der Waals surface area contributed by atoms with E-state index in [0.29, 0.717) is 5.56 Å². The van der Waals surface area contributed by atoms with E-state index in [1.54, 1.807) is 24.3 Å². The minimum atomic E-state index is -3.44. The van der Waals surface area contributed by atoms with E-state index in [4.69, 9.17) is 10.9 Å². The quantitative estimate of drug-likeness (QED) is 0.757. The first-order chi connectivity index (χ1) is 6.01. The van der Waals surface area contributed by atoms with Gasteiger partial charge in [0, 0.05) is 6.54 Å². The minimum Gasteiger partial charge on any atom is -0.253 e. The van der Waals surface area contributed by atoms with E-state index in [1.807, 2.05) is 0 Å². The van der Waals surface area contributed by atoms with Gasteiger partial charge in [0.25, 0.3) is 0 Å². The minimum absolute atomic E-state index is 0.148. The highest BCUT2D eigenvalue weighted by Gasteiger charge is 2.03. The van der Waals surface area contributed by atoms with Crippen molar-refractivity contribution in [2.45, 2.75) is 12.3 Å². The zero-order chi connectivity index (χ0) is 9.90. The Balaban J connectivity index is 2.81. The van der Waals surface area contributed by atoms with Gasteiger partial charge in [-0.2, -0.15) is 0 Å². The summed E-state index contributed by atoms with van der Waals surface area (Å²) in [5.41, 5.74) is 8.56. The van der Waals surface area contributed by atoms with Crippen LogP contribution >= 0.6 is 0 Å². The van der Waals surface area contributed by atoms with Crippen LogP contribution in [-0.2, 0) is 22.3 Å². The number of primary sulfonamides is 1. The smallest absolute Gasteiger partial charge is 0.213 e. The largest absolute Gasteiger partial charge is 0.253 e. The lowest BCUT2D eigenvalue weighted by Crippen LogP contribution is -2.14. The molecule has 0 amide bonds. The summed E-state index contributed by atoms with van der Waals surface area (Å²) in [4.78, 5) is 0. The van der Waals surface area contributed by atoms with Gasteiger partial charge < -0.3 is 0 Å². The van der Waals surface area contributed by atoms with E-state index in [-0.39, 0.29) is 12.3 Å². The van der Waals surface area contributed by atoms with Crippen molar-refractivity contribution in [3.8, 4) is 0 Å². The van der Waals surface area contributed by atoms with Gasteiger partial charge in [-0.05, 0) is 11.1 Å². The second-order valence-corrected chi connectivity index (χ2v) is 4.41. The van der Waals surface area contributed by atoms with Crippen LogP contribution in [0.15, 0.2) is 24.3 Å². The maximum Gasteiger partial charge on any atom is 0.213 e. The van der Waals surface area contributed by atoms with Gasteiger partial charge in [0.05, 0.1) is 5.75 Å². The van der Waals surface area contributed by atoms with Gasteiger partial charge in [0.2, 0.25) is 10.0 Å². The summed E-state index contributed by atoms with van der Waals surface area (Å²) in [5, 5.41) is 4.87. The summed E-state index contributed by atoms with van der Waals surface area (Å²) in [7, 11) is -3.44. The molecule has 0 aliphatic carbocycles. The van der Waals surface area contributed by atoms with Crippen LogP contribution in [0.1, 0.15) is 11.1 Å². The molecular weight excluding hydrogens is 188 g/mol. The highest BCUT2D eigenvalue weighted by molar-refractivity contribution is 7.88. The maximum atomic E-state index is 10.7. The maximum absolute atomic E-state index is 10.7. The Hall–Kier alpha value is -0.910. The van der Waals surface area contributed by atoms with Gasteiger partial charge in [-0.15, -0.1) is 0 Å². The zero-order valence-corrected chi connectivity index (χ0v) is 7.84. The fourth-order valence-electron chi connectivity index (χ4n) is 0.986. The monoisotopic (exact) mass is 199 g/mol. The van der Waals surface area contributed by atoms with Crippen molar-refractivity contribution < 1.29 is 8.42 Å². The number of rotatable bonds is 3. The molecule has 0 aromatic heterocycles. The first-order valence-corrected chi connectivity index (χ1v) is 5.46. The number of nitrogens with one attached hydrogen (secondary N) is 1. The Morgan fingerprint density at radius 1 is 1.15 bits per heavy atom. The molecule has 13 heavy (non-hydrogen) atoms. The van der Waals surface area contributed by atoms with Crippen molar-refractivity contribution in [1.82, 2.24) is 5.73 Å². The average Bonchev–Trinajstić information content (AvgIpc) is 2.03. The van der Waals surface area contributed by atoms with Crippen LogP contribution in [0.4, 0.5) is 0 Å². The number of nitrogens with two attached hydrogens (primary N) is 1. The lowest BCUT2D eigenvalue weighted by molar-refractivity contribution is 0.597. The van der Waals surface area contributed by atoms with Gasteiger partial charge in [0.1, 0.15) is 0 Å². The molecule has 3 N–H and O–H groups in total. The van der Waals surface area contributed by atoms with E-state index in [9.17, 15) is 8.42 Å². The molecule has 1 aromatic carbocycles. The third-order valence-electron chi connectivity index (χ3n) is 1.59. The Labute approximate surface area is 77.6 Å². The molecule has 5 heteroatoms. The van der Waals surface area contributed by atoms with E-state index in [1.165, 1.54) is 0 Å². The van der Waals surface area contributed by atoms with E-state index >= 15 is 0 Å². The van der Waals surface area contributed by atoms with E-state index in [0.717, 1.165) is 5.56 Å². The van der Waals surface area contributed by atoms with Gasteiger partial charge in [-0.3, -0.25) is 5.73 Å². The highest BCUT2D eigenvalue weighted by atomic mass is 32.2. The third kappa shape index (κ3) is 3.54. The standard InChI is InChI=1S/C8H11N2O2S/c9-5-7-1-3-8(4-2-7)6-13(10,11)12/h1-4,9H,5-6H2,(H2,10,11,12). The van der Waals surface area contributed by atoms with Gasteiger partial charge >= 0.3 is 0 Å². The number of benzene rings is 1. The van der Waals surface area contributed by atoms with Gasteiger partial charge in [-0.1, -0.05) is 24.3 Å². The molecule has 0 saturated heterocycles. The van der Waals surface area contributed by atoms with Crippen LogP contribution in [0.5, 0.6) is 0 Å². The topological polar surface area (TPSA) is 84.0 Å². The van der Waals surface area contributed by atoms with Crippen molar-refractivity contribution in [2.75, 3.05) is 0 Å². The molecule has 0 saturated carbocycles. The molecule has 0 aliphatic heterocycles. The second kappa shape index (κ2) is 3.87.